The zero-order valence-corrected chi connectivity index (χ0v) is 14.2. The van der Waals surface area contributed by atoms with E-state index in [2.05, 4.69) is 27.7 Å². The smallest absolute Gasteiger partial charge is 0.264 e. The minimum atomic E-state index is -3.38. The van der Waals surface area contributed by atoms with Crippen molar-refractivity contribution >= 4 is 10.1 Å². The van der Waals surface area contributed by atoms with Gasteiger partial charge in [0, 0.05) is 5.41 Å². The predicted molar refractivity (Wildman–Crippen MR) is 79.8 cm³/mol. The van der Waals surface area contributed by atoms with Crippen LogP contribution in [0.1, 0.15) is 59.8 Å². The summed E-state index contributed by atoms with van der Waals surface area (Å²) in [5.74, 6) is 1.16. The molecule has 0 aromatic carbocycles. The Labute approximate surface area is 123 Å². The molecule has 3 aliphatic rings. The molecule has 0 aliphatic heterocycles. The van der Waals surface area contributed by atoms with Crippen LogP contribution >= 0.6 is 0 Å². The van der Waals surface area contributed by atoms with Crippen LogP contribution in [0.3, 0.4) is 0 Å². The van der Waals surface area contributed by atoms with Crippen LogP contribution in [0.25, 0.3) is 0 Å². The number of hydrogen-bond acceptors (Lipinski definition) is 3. The molecule has 1 spiro atoms. The van der Waals surface area contributed by atoms with Gasteiger partial charge in [-0.05, 0) is 54.8 Å². The molecule has 116 valence electrons. The average Bonchev–Trinajstić information content (AvgIpc) is 2.77. The Morgan fingerprint density at radius 3 is 2.35 bits per heavy atom. The van der Waals surface area contributed by atoms with Crippen LogP contribution in [0.2, 0.25) is 0 Å². The van der Waals surface area contributed by atoms with E-state index in [1.54, 1.807) is 0 Å². The Hall–Kier alpha value is -0.0900. The standard InChI is InChI=1S/C16H28O3S/c1-11-6-7-12-14(2,3)10-15(4)9-8-13(16(11,12)15)19-20(5,17)18/h11-13H,6-10H2,1-5H3/t11?,12-,13+,15-,16?/m0/s1. The highest BCUT2D eigenvalue weighted by molar-refractivity contribution is 7.86. The molecule has 3 nitrogen and oxygen atoms in total. The molecule has 0 radical (unpaired) electrons. The van der Waals surface area contributed by atoms with E-state index in [0.29, 0.717) is 17.3 Å². The van der Waals surface area contributed by atoms with Crippen LogP contribution in [-0.2, 0) is 14.3 Å². The van der Waals surface area contributed by atoms with Gasteiger partial charge in [0.2, 0.25) is 0 Å². The summed E-state index contributed by atoms with van der Waals surface area (Å²) in [5.41, 5.74) is 0.616. The zero-order valence-electron chi connectivity index (χ0n) is 13.4. The second-order valence-corrected chi connectivity index (χ2v) is 10.1. The maximum atomic E-state index is 11.7. The molecule has 0 amide bonds. The fourth-order valence-electron chi connectivity index (χ4n) is 6.83. The third-order valence-corrected chi connectivity index (χ3v) is 7.48. The van der Waals surface area contributed by atoms with Gasteiger partial charge in [-0.25, -0.2) is 0 Å². The summed E-state index contributed by atoms with van der Waals surface area (Å²) >= 11 is 0. The minimum absolute atomic E-state index is 0.0690. The topological polar surface area (TPSA) is 43.4 Å². The van der Waals surface area contributed by atoms with Crippen molar-refractivity contribution in [2.24, 2.45) is 28.1 Å². The Morgan fingerprint density at radius 2 is 1.75 bits per heavy atom. The first-order valence-electron chi connectivity index (χ1n) is 7.91. The van der Waals surface area contributed by atoms with Crippen LogP contribution in [0.5, 0.6) is 0 Å². The van der Waals surface area contributed by atoms with Crippen molar-refractivity contribution in [2.45, 2.75) is 65.9 Å². The van der Waals surface area contributed by atoms with E-state index in [4.69, 9.17) is 4.18 Å². The highest BCUT2D eigenvalue weighted by Crippen LogP contribution is 2.78. The fourth-order valence-corrected chi connectivity index (χ4v) is 7.51. The first kappa shape index (κ1) is 14.8. The van der Waals surface area contributed by atoms with Crippen molar-refractivity contribution in [1.82, 2.24) is 0 Å². The number of hydrogen-bond donors (Lipinski definition) is 0. The molecule has 0 heterocycles. The van der Waals surface area contributed by atoms with E-state index >= 15 is 0 Å². The lowest BCUT2D eigenvalue weighted by atomic mass is 9.61. The van der Waals surface area contributed by atoms with Crippen molar-refractivity contribution in [2.75, 3.05) is 6.26 Å². The Kier molecular flexibility index (Phi) is 2.97. The summed E-state index contributed by atoms with van der Waals surface area (Å²) in [6.45, 7) is 9.46. The van der Waals surface area contributed by atoms with Crippen molar-refractivity contribution in [3.63, 3.8) is 0 Å². The molecule has 0 aromatic heterocycles. The summed E-state index contributed by atoms with van der Waals surface area (Å²) in [7, 11) is -3.38. The maximum Gasteiger partial charge on any atom is 0.264 e. The molecule has 3 saturated carbocycles. The molecule has 2 unspecified atom stereocenters. The number of rotatable bonds is 2. The van der Waals surface area contributed by atoms with Gasteiger partial charge in [0.25, 0.3) is 10.1 Å². The molecule has 3 fully saturated rings. The molecular formula is C16H28O3S. The SMILES string of the molecule is CC1CC[C@H]2C(C)(C)C[C@]3(C)CC[C@@H](OS(C)(=O)=O)C123. The average molecular weight is 300 g/mol. The van der Waals surface area contributed by atoms with Gasteiger partial charge >= 0.3 is 0 Å². The van der Waals surface area contributed by atoms with Gasteiger partial charge in [0.1, 0.15) is 0 Å². The lowest BCUT2D eigenvalue weighted by molar-refractivity contribution is -0.0356. The van der Waals surface area contributed by atoms with Crippen molar-refractivity contribution in [3.8, 4) is 0 Å². The highest BCUT2D eigenvalue weighted by Gasteiger charge is 2.74. The normalized spacial score (nSPS) is 50.1. The van der Waals surface area contributed by atoms with E-state index < -0.39 is 10.1 Å². The summed E-state index contributed by atoms with van der Waals surface area (Å²) in [4.78, 5) is 0. The third-order valence-electron chi connectivity index (χ3n) is 6.90. The van der Waals surface area contributed by atoms with Gasteiger partial charge in [-0.3, -0.25) is 4.18 Å². The predicted octanol–water partition coefficient (Wildman–Crippen LogP) is 3.59. The molecular weight excluding hydrogens is 272 g/mol. The second-order valence-electron chi connectivity index (χ2n) is 8.52. The lowest BCUT2D eigenvalue weighted by Crippen LogP contribution is -2.47. The second kappa shape index (κ2) is 4.01. The minimum Gasteiger partial charge on any atom is -0.266 e. The van der Waals surface area contributed by atoms with Gasteiger partial charge in [-0.15, -0.1) is 0 Å². The third kappa shape index (κ3) is 1.70. The fraction of sp³-hybridized carbons (Fsp3) is 1.00. The molecule has 0 aromatic rings. The molecule has 3 rings (SSSR count). The molecule has 0 saturated heterocycles. The molecule has 20 heavy (non-hydrogen) atoms. The first-order chi connectivity index (χ1) is 9.03. The summed E-state index contributed by atoms with van der Waals surface area (Å²) in [6.07, 6.45) is 6.76. The van der Waals surface area contributed by atoms with Crippen LogP contribution < -0.4 is 0 Å². The Bertz CT molecular complexity index is 524. The van der Waals surface area contributed by atoms with Gasteiger partial charge in [0.05, 0.1) is 12.4 Å². The van der Waals surface area contributed by atoms with Crippen LogP contribution in [0, 0.1) is 28.1 Å². The Morgan fingerprint density at radius 1 is 1.10 bits per heavy atom. The Balaban J connectivity index is 2.10. The van der Waals surface area contributed by atoms with Crippen LogP contribution in [0.15, 0.2) is 0 Å². The van der Waals surface area contributed by atoms with Crippen molar-refractivity contribution in [1.29, 1.82) is 0 Å². The zero-order chi connectivity index (χ0) is 15.0. The summed E-state index contributed by atoms with van der Waals surface area (Å²) in [6, 6.07) is 0. The molecule has 5 atom stereocenters. The highest BCUT2D eigenvalue weighted by atomic mass is 32.2. The van der Waals surface area contributed by atoms with Crippen molar-refractivity contribution in [3.05, 3.63) is 0 Å². The van der Waals surface area contributed by atoms with Gasteiger partial charge in [-0.2, -0.15) is 8.42 Å². The lowest BCUT2D eigenvalue weighted by Gasteiger charge is -2.46. The summed E-state index contributed by atoms with van der Waals surface area (Å²) in [5, 5.41) is 0. The molecule has 0 N–H and O–H groups in total. The quantitative estimate of drug-likeness (QED) is 0.732. The van der Waals surface area contributed by atoms with Gasteiger partial charge < -0.3 is 0 Å². The molecule has 3 aliphatic carbocycles. The van der Waals surface area contributed by atoms with E-state index in [1.165, 1.54) is 25.5 Å². The first-order valence-corrected chi connectivity index (χ1v) is 9.73. The van der Waals surface area contributed by atoms with E-state index in [9.17, 15) is 8.42 Å². The largest absolute Gasteiger partial charge is 0.266 e. The molecule has 0 bridgehead atoms. The van der Waals surface area contributed by atoms with Gasteiger partial charge in [-0.1, -0.05) is 27.7 Å². The summed E-state index contributed by atoms with van der Waals surface area (Å²) < 4.78 is 29.0. The van der Waals surface area contributed by atoms with E-state index in [-0.39, 0.29) is 16.9 Å². The van der Waals surface area contributed by atoms with Crippen LogP contribution in [-0.4, -0.2) is 20.8 Å². The van der Waals surface area contributed by atoms with E-state index in [0.717, 1.165) is 12.8 Å². The van der Waals surface area contributed by atoms with E-state index in [1.807, 2.05) is 0 Å². The monoisotopic (exact) mass is 300 g/mol. The maximum absolute atomic E-state index is 11.7. The van der Waals surface area contributed by atoms with Crippen molar-refractivity contribution < 1.29 is 12.6 Å². The van der Waals surface area contributed by atoms with Gasteiger partial charge in [0.15, 0.2) is 0 Å². The molecule has 4 heteroatoms. The van der Waals surface area contributed by atoms with Crippen LogP contribution in [0.4, 0.5) is 0 Å².